The third-order valence-corrected chi connectivity index (χ3v) is 5.73. The highest BCUT2D eigenvalue weighted by atomic mass is 19.1. The summed E-state index contributed by atoms with van der Waals surface area (Å²) in [4.78, 5) is 18.2. The largest absolute Gasteiger partial charge is 0.384 e. The number of pyridine rings is 1. The minimum absolute atomic E-state index is 0.141. The van der Waals surface area contributed by atoms with Crippen LogP contribution in [0.5, 0.6) is 0 Å². The molecular formula is C24H30F2N6O2. The molecule has 0 saturated carbocycles. The van der Waals surface area contributed by atoms with E-state index in [4.69, 9.17) is 14.7 Å². The second-order valence-corrected chi connectivity index (χ2v) is 8.76. The lowest BCUT2D eigenvalue weighted by Crippen LogP contribution is -2.46. The zero-order valence-corrected chi connectivity index (χ0v) is 19.6. The number of piperazine rings is 1. The summed E-state index contributed by atoms with van der Waals surface area (Å²) in [5.74, 6) is 0.310. The number of hydrogen-bond acceptors (Lipinski definition) is 8. The number of aliphatic hydroxyl groups is 1. The van der Waals surface area contributed by atoms with Gasteiger partial charge < -0.3 is 20.1 Å². The van der Waals surface area contributed by atoms with E-state index in [1.807, 2.05) is 13.8 Å². The van der Waals surface area contributed by atoms with Crippen LogP contribution in [0.2, 0.25) is 0 Å². The molecule has 1 atom stereocenters. The maximum atomic E-state index is 14.1. The van der Waals surface area contributed by atoms with Crippen molar-refractivity contribution in [3.63, 3.8) is 0 Å². The molecule has 0 radical (unpaired) electrons. The number of rotatable bonds is 8. The first kappa shape index (κ1) is 24.2. The normalized spacial score (nSPS) is 15.8. The Balaban J connectivity index is 1.55. The van der Waals surface area contributed by atoms with Crippen molar-refractivity contribution in [3.05, 3.63) is 53.4 Å². The highest BCUT2D eigenvalue weighted by Crippen LogP contribution is 2.28. The molecule has 1 fully saturated rings. The Morgan fingerprint density at radius 2 is 1.85 bits per heavy atom. The molecule has 2 N–H and O–H groups in total. The Hall–Kier alpha value is -2.95. The van der Waals surface area contributed by atoms with Crippen molar-refractivity contribution < 1.29 is 18.6 Å². The van der Waals surface area contributed by atoms with Gasteiger partial charge in [0.25, 0.3) is 0 Å². The average molecular weight is 473 g/mol. The van der Waals surface area contributed by atoms with Crippen LogP contribution in [0.4, 0.5) is 20.4 Å². The molecule has 10 heteroatoms. The first-order chi connectivity index (χ1) is 16.3. The third kappa shape index (κ3) is 5.57. The number of aliphatic hydroxyl groups excluding tert-OH is 1. The summed E-state index contributed by atoms with van der Waals surface area (Å²) in [7, 11) is 1.52. The lowest BCUT2D eigenvalue weighted by molar-refractivity contribution is 0.0618. The van der Waals surface area contributed by atoms with E-state index in [0.717, 1.165) is 11.9 Å². The van der Waals surface area contributed by atoms with Gasteiger partial charge in [0.05, 0.1) is 24.0 Å². The van der Waals surface area contributed by atoms with Crippen LogP contribution in [0.1, 0.15) is 31.2 Å². The van der Waals surface area contributed by atoms with Crippen molar-refractivity contribution in [2.24, 2.45) is 0 Å². The van der Waals surface area contributed by atoms with Gasteiger partial charge in [0.1, 0.15) is 23.3 Å². The number of anilines is 2. The lowest BCUT2D eigenvalue weighted by Gasteiger charge is -2.36. The van der Waals surface area contributed by atoms with Crippen molar-refractivity contribution in [1.82, 2.24) is 19.9 Å². The van der Waals surface area contributed by atoms with Crippen LogP contribution in [-0.2, 0) is 11.3 Å². The zero-order valence-electron chi connectivity index (χ0n) is 19.6. The number of methoxy groups -OCH3 is 1. The number of benzene rings is 1. The summed E-state index contributed by atoms with van der Waals surface area (Å²) in [6.07, 6.45) is 0.768. The van der Waals surface area contributed by atoms with Gasteiger partial charge in [0, 0.05) is 57.5 Å². The summed E-state index contributed by atoms with van der Waals surface area (Å²) >= 11 is 0. The van der Waals surface area contributed by atoms with Crippen molar-refractivity contribution in [2.45, 2.75) is 32.5 Å². The van der Waals surface area contributed by atoms with Gasteiger partial charge in [-0.25, -0.2) is 18.7 Å². The summed E-state index contributed by atoms with van der Waals surface area (Å²) in [5.41, 5.74) is 2.23. The molecule has 0 amide bonds. The molecule has 182 valence electrons. The van der Waals surface area contributed by atoms with E-state index < -0.39 is 17.7 Å². The number of nitrogens with one attached hydrogen (secondary N) is 1. The van der Waals surface area contributed by atoms with E-state index in [1.54, 1.807) is 12.3 Å². The molecule has 1 unspecified atom stereocenters. The molecule has 1 aliphatic heterocycles. The molecule has 8 nitrogen and oxygen atoms in total. The fourth-order valence-electron chi connectivity index (χ4n) is 3.99. The SMILES string of the molecule is COCC(O)c1cc2nc(N3CCN(Cc4ccc(F)cc4F)CC3)c(NC(C)C)nc2cn1. The van der Waals surface area contributed by atoms with E-state index in [2.05, 4.69) is 20.1 Å². The number of ether oxygens (including phenoxy) is 1. The molecule has 0 spiro atoms. The predicted molar refractivity (Wildman–Crippen MR) is 127 cm³/mol. The fraction of sp³-hybridized carbons (Fsp3) is 0.458. The Labute approximate surface area is 197 Å². The monoisotopic (exact) mass is 472 g/mol. The van der Waals surface area contributed by atoms with Gasteiger partial charge in [-0.3, -0.25) is 9.88 Å². The van der Waals surface area contributed by atoms with Crippen LogP contribution in [0, 0.1) is 11.6 Å². The van der Waals surface area contributed by atoms with Gasteiger partial charge in [-0.05, 0) is 26.0 Å². The van der Waals surface area contributed by atoms with Gasteiger partial charge >= 0.3 is 0 Å². The maximum Gasteiger partial charge on any atom is 0.172 e. The molecule has 3 heterocycles. The number of aromatic nitrogens is 3. The Morgan fingerprint density at radius 1 is 1.09 bits per heavy atom. The number of nitrogens with zero attached hydrogens (tertiary/aromatic N) is 5. The average Bonchev–Trinajstić information content (AvgIpc) is 2.80. The molecule has 34 heavy (non-hydrogen) atoms. The summed E-state index contributed by atoms with van der Waals surface area (Å²) < 4.78 is 32.3. The standard InChI is InChI=1S/C24H30F2N6O2/c1-15(2)28-23-24(30-19-11-20(22(33)14-34-3)27-12-21(19)29-23)32-8-6-31(7-9-32)13-16-4-5-17(25)10-18(16)26/h4-5,10-12,15,22,33H,6-9,13-14H2,1-3H3,(H,28,29). The Kier molecular flexibility index (Phi) is 7.50. The first-order valence-corrected chi connectivity index (χ1v) is 11.4. The van der Waals surface area contributed by atoms with Gasteiger partial charge in [0.2, 0.25) is 0 Å². The van der Waals surface area contributed by atoms with Gasteiger partial charge in [0.15, 0.2) is 11.6 Å². The predicted octanol–water partition coefficient (Wildman–Crippen LogP) is 3.13. The quantitative estimate of drug-likeness (QED) is 0.517. The molecular weight excluding hydrogens is 442 g/mol. The van der Waals surface area contributed by atoms with Crippen molar-refractivity contribution >= 4 is 22.7 Å². The second-order valence-electron chi connectivity index (χ2n) is 8.76. The molecule has 1 saturated heterocycles. The van der Waals surface area contributed by atoms with E-state index >= 15 is 0 Å². The Bertz CT molecular complexity index is 1140. The number of halogens is 2. The van der Waals surface area contributed by atoms with E-state index in [-0.39, 0.29) is 12.6 Å². The van der Waals surface area contributed by atoms with Crippen LogP contribution in [0.3, 0.4) is 0 Å². The fourth-order valence-corrected chi connectivity index (χ4v) is 3.99. The van der Waals surface area contributed by atoms with Gasteiger partial charge in [-0.2, -0.15) is 0 Å². The van der Waals surface area contributed by atoms with Crippen LogP contribution < -0.4 is 10.2 Å². The van der Waals surface area contributed by atoms with E-state index in [0.29, 0.717) is 60.8 Å². The van der Waals surface area contributed by atoms with Crippen molar-refractivity contribution in [1.29, 1.82) is 0 Å². The highest BCUT2D eigenvalue weighted by molar-refractivity contribution is 5.80. The Morgan fingerprint density at radius 3 is 2.53 bits per heavy atom. The summed E-state index contributed by atoms with van der Waals surface area (Å²) in [6, 6.07) is 5.61. The molecule has 3 aromatic rings. The topological polar surface area (TPSA) is 86.6 Å². The lowest BCUT2D eigenvalue weighted by atomic mass is 10.1. The summed E-state index contributed by atoms with van der Waals surface area (Å²) in [5, 5.41) is 13.6. The molecule has 0 aliphatic carbocycles. The maximum absolute atomic E-state index is 14.1. The molecule has 0 bridgehead atoms. The van der Waals surface area contributed by atoms with Crippen molar-refractivity contribution in [2.75, 3.05) is 50.1 Å². The minimum Gasteiger partial charge on any atom is -0.384 e. The molecule has 4 rings (SSSR count). The third-order valence-electron chi connectivity index (χ3n) is 5.73. The minimum atomic E-state index is -0.844. The summed E-state index contributed by atoms with van der Waals surface area (Å²) in [6.45, 7) is 7.40. The van der Waals surface area contributed by atoms with Crippen LogP contribution in [0.25, 0.3) is 11.0 Å². The van der Waals surface area contributed by atoms with E-state index in [9.17, 15) is 13.9 Å². The smallest absolute Gasteiger partial charge is 0.172 e. The number of fused-ring (bicyclic) bond motifs is 1. The van der Waals surface area contributed by atoms with E-state index in [1.165, 1.54) is 19.2 Å². The van der Waals surface area contributed by atoms with Gasteiger partial charge in [-0.15, -0.1) is 0 Å². The molecule has 1 aromatic carbocycles. The second kappa shape index (κ2) is 10.5. The number of hydrogen-bond donors (Lipinski definition) is 2. The van der Waals surface area contributed by atoms with Crippen LogP contribution in [0.15, 0.2) is 30.5 Å². The van der Waals surface area contributed by atoms with Crippen molar-refractivity contribution in [3.8, 4) is 0 Å². The zero-order chi connectivity index (χ0) is 24.2. The molecule has 1 aliphatic rings. The van der Waals surface area contributed by atoms with Crippen LogP contribution in [-0.4, -0.2) is 70.9 Å². The van der Waals surface area contributed by atoms with Gasteiger partial charge in [-0.1, -0.05) is 6.07 Å². The molecule has 2 aromatic heterocycles. The van der Waals surface area contributed by atoms with Crippen LogP contribution >= 0.6 is 0 Å². The first-order valence-electron chi connectivity index (χ1n) is 11.4. The highest BCUT2D eigenvalue weighted by Gasteiger charge is 2.23.